The number of hydroxylamine groups is 1. The van der Waals surface area contributed by atoms with Crippen molar-refractivity contribution in [3.63, 3.8) is 0 Å². The Bertz CT molecular complexity index is 1370. The van der Waals surface area contributed by atoms with Crippen molar-refractivity contribution in [1.82, 2.24) is 15.7 Å². The number of ether oxygens (including phenoxy) is 4. The third-order valence-corrected chi connectivity index (χ3v) is 13.5. The fraction of sp³-hybridized carbons (Fsp3) is 0.676. The molecular weight excluding hydrogens is 711 g/mol. The molecule has 0 bridgehead atoms. The monoisotopic (exact) mass is 763 g/mol. The van der Waals surface area contributed by atoms with Crippen LogP contribution < -0.4 is 10.8 Å². The number of hydrogen-bond acceptors (Lipinski definition) is 13. The molecule has 3 saturated heterocycles. The third-order valence-electron chi connectivity index (χ3n) is 9.50. The van der Waals surface area contributed by atoms with Gasteiger partial charge in [-0.1, -0.05) is 52.3 Å². The zero-order valence-electron chi connectivity index (χ0n) is 30.4. The van der Waals surface area contributed by atoms with Gasteiger partial charge in [-0.25, -0.2) is 4.79 Å². The van der Waals surface area contributed by atoms with Crippen molar-refractivity contribution in [2.75, 3.05) is 39.3 Å². The summed E-state index contributed by atoms with van der Waals surface area (Å²) in [5.41, 5.74) is 4.35. The molecule has 14 heteroatoms. The molecule has 1 amide bonds. The highest BCUT2D eigenvalue weighted by atomic mass is 33.1. The SMILES string of the molecule is C#C/C=C\C#C[C@H](OC1CC(O)[C@H](NOC2CC[C@H](SC)C(C)O2)C(C)O1)C1=C(NC(=O)OC)C(=O)CC(C)/C1=C/CSSC1CCN(C)CC1. The first kappa shape index (κ1) is 41.8. The standard InChI is InChI=1S/C37H53N3O8S3/c1-8-9-10-11-12-30(47-33-22-29(42)35(25(4)46-33)39-48-32-14-13-31(49-7)24(3)45-32)34-27(17-20-50-51-26-15-18-40(5)19-16-26)23(2)21-28(41)36(34)38-37(43)44-6/h1,9-10,17,23-26,29-33,35,39,42H,13-16,18-22H2,2-7H3,(H,38,43)/b10-9-,27-17-/t23?,24?,25?,29?,30-,31-,32?,33?,35+/m0/s1. The largest absolute Gasteiger partial charge is 0.453 e. The van der Waals surface area contributed by atoms with Gasteiger partial charge in [0.05, 0.1) is 37.2 Å². The second kappa shape index (κ2) is 21.1. The van der Waals surface area contributed by atoms with Crippen LogP contribution in [0.5, 0.6) is 0 Å². The van der Waals surface area contributed by atoms with Crippen molar-refractivity contribution >= 4 is 45.2 Å². The summed E-state index contributed by atoms with van der Waals surface area (Å²) in [5, 5.41) is 14.9. The molecule has 51 heavy (non-hydrogen) atoms. The number of nitrogens with one attached hydrogen (secondary N) is 2. The first-order valence-corrected chi connectivity index (χ1v) is 21.2. The van der Waals surface area contributed by atoms with Gasteiger partial charge in [-0.2, -0.15) is 17.2 Å². The highest BCUT2D eigenvalue weighted by molar-refractivity contribution is 8.77. The lowest BCUT2D eigenvalue weighted by atomic mass is 9.79. The molecule has 3 fully saturated rings. The molecule has 282 valence electrons. The minimum Gasteiger partial charge on any atom is -0.453 e. The van der Waals surface area contributed by atoms with E-state index < -0.39 is 43.0 Å². The number of carbonyl (C=O) groups is 2. The average molecular weight is 764 g/mol. The quantitative estimate of drug-likeness (QED) is 0.109. The molecular formula is C37H53N3O8S3. The molecule has 4 aliphatic rings. The first-order chi connectivity index (χ1) is 24.5. The number of aliphatic hydroxyl groups excluding tert-OH is 1. The lowest BCUT2D eigenvalue weighted by Crippen LogP contribution is -2.56. The lowest BCUT2D eigenvalue weighted by Gasteiger charge is -2.41. The number of likely N-dealkylation sites (tertiary alicyclic amines) is 1. The molecule has 6 unspecified atom stereocenters. The normalized spacial score (nSPS) is 32.4. The molecule has 3 aliphatic heterocycles. The topological polar surface area (TPSA) is 128 Å². The van der Waals surface area contributed by atoms with E-state index in [1.165, 1.54) is 19.3 Å². The van der Waals surface area contributed by atoms with Crippen molar-refractivity contribution in [2.45, 2.75) is 113 Å². The summed E-state index contributed by atoms with van der Waals surface area (Å²) in [5.74, 6) is 8.70. The minimum atomic E-state index is -1.02. The number of carbonyl (C=O) groups excluding carboxylic acids is 2. The number of thioether (sulfide) groups is 1. The third kappa shape index (κ3) is 12.3. The van der Waals surface area contributed by atoms with E-state index in [1.54, 1.807) is 22.6 Å². The van der Waals surface area contributed by atoms with Crippen LogP contribution in [0.15, 0.2) is 35.1 Å². The van der Waals surface area contributed by atoms with Gasteiger partial charge in [0.2, 0.25) is 0 Å². The number of aliphatic hydroxyl groups is 1. The average Bonchev–Trinajstić information content (AvgIpc) is 3.10. The summed E-state index contributed by atoms with van der Waals surface area (Å²) in [4.78, 5) is 34.3. The van der Waals surface area contributed by atoms with Gasteiger partial charge in [-0.05, 0) is 83.1 Å². The van der Waals surface area contributed by atoms with Gasteiger partial charge in [0, 0.05) is 41.1 Å². The zero-order chi connectivity index (χ0) is 36.9. The van der Waals surface area contributed by atoms with Crippen LogP contribution in [0.2, 0.25) is 0 Å². The Labute approximate surface area is 315 Å². The van der Waals surface area contributed by atoms with Crippen LogP contribution in [0.3, 0.4) is 0 Å². The predicted molar refractivity (Wildman–Crippen MR) is 204 cm³/mol. The van der Waals surface area contributed by atoms with E-state index in [-0.39, 0.29) is 36.3 Å². The van der Waals surface area contributed by atoms with Crippen LogP contribution >= 0.6 is 33.3 Å². The van der Waals surface area contributed by atoms with E-state index in [2.05, 4.69) is 52.8 Å². The van der Waals surface area contributed by atoms with Crippen LogP contribution in [0.25, 0.3) is 0 Å². The van der Waals surface area contributed by atoms with E-state index in [1.807, 2.05) is 31.6 Å². The molecule has 0 aromatic carbocycles. The van der Waals surface area contributed by atoms with Crippen LogP contribution in [0, 0.1) is 30.1 Å². The smallest absolute Gasteiger partial charge is 0.411 e. The number of rotatable bonds is 12. The van der Waals surface area contributed by atoms with Gasteiger partial charge in [0.15, 0.2) is 18.4 Å². The molecule has 1 aliphatic carbocycles. The van der Waals surface area contributed by atoms with E-state index >= 15 is 0 Å². The number of Topliss-reactive ketones (excluding diaryl/α,β-unsaturated/α-hetero) is 1. The Balaban J connectivity index is 1.54. The first-order valence-electron chi connectivity index (χ1n) is 17.5. The number of allylic oxidation sites excluding steroid dienone is 3. The Morgan fingerprint density at radius 2 is 1.88 bits per heavy atom. The van der Waals surface area contributed by atoms with Gasteiger partial charge < -0.3 is 29.0 Å². The predicted octanol–water partition coefficient (Wildman–Crippen LogP) is 4.83. The molecule has 0 aromatic rings. The van der Waals surface area contributed by atoms with Crippen molar-refractivity contribution in [3.05, 3.63) is 35.1 Å². The number of hydrogen-bond donors (Lipinski definition) is 3. The van der Waals surface area contributed by atoms with Gasteiger partial charge in [0.1, 0.15) is 6.10 Å². The Morgan fingerprint density at radius 3 is 2.55 bits per heavy atom. The number of nitrogens with zero attached hydrogens (tertiary/aromatic N) is 1. The maximum atomic E-state index is 13.5. The summed E-state index contributed by atoms with van der Waals surface area (Å²) in [6.45, 7) is 8.02. The molecule has 3 N–H and O–H groups in total. The Kier molecular flexibility index (Phi) is 17.3. The molecule has 3 heterocycles. The van der Waals surface area contributed by atoms with Crippen LogP contribution in [0.1, 0.15) is 59.3 Å². The fourth-order valence-electron chi connectivity index (χ4n) is 6.59. The van der Waals surface area contributed by atoms with Gasteiger partial charge in [-0.15, -0.1) is 6.42 Å². The second-order valence-corrected chi connectivity index (χ2v) is 17.0. The van der Waals surface area contributed by atoms with E-state index in [4.69, 9.17) is 30.2 Å². The number of amides is 1. The maximum Gasteiger partial charge on any atom is 0.411 e. The summed E-state index contributed by atoms with van der Waals surface area (Å²) >= 11 is 1.79. The molecule has 4 rings (SSSR count). The molecule has 0 saturated carbocycles. The van der Waals surface area contributed by atoms with Gasteiger partial charge in [0.25, 0.3) is 0 Å². The van der Waals surface area contributed by atoms with Crippen molar-refractivity contribution < 1.29 is 38.5 Å². The molecule has 9 atom stereocenters. The number of methoxy groups -OCH3 is 1. The molecule has 0 aromatic heterocycles. The number of ketones is 1. The van der Waals surface area contributed by atoms with Crippen molar-refractivity contribution in [2.24, 2.45) is 5.92 Å². The second-order valence-electron chi connectivity index (χ2n) is 13.2. The zero-order valence-corrected chi connectivity index (χ0v) is 32.9. The minimum absolute atomic E-state index is 0.0505. The Morgan fingerprint density at radius 1 is 1.14 bits per heavy atom. The van der Waals surface area contributed by atoms with Crippen molar-refractivity contribution in [1.29, 1.82) is 0 Å². The number of piperidine rings is 1. The Hall–Kier alpha value is -1.95. The molecule has 11 nitrogen and oxygen atoms in total. The highest BCUT2D eigenvalue weighted by Crippen LogP contribution is 2.38. The van der Waals surface area contributed by atoms with Gasteiger partial charge >= 0.3 is 6.09 Å². The summed E-state index contributed by atoms with van der Waals surface area (Å²) in [7, 11) is 7.06. The maximum absolute atomic E-state index is 13.5. The van der Waals surface area contributed by atoms with Crippen LogP contribution in [-0.2, 0) is 28.6 Å². The molecule has 0 radical (unpaired) electrons. The molecule has 0 spiro atoms. The van der Waals surface area contributed by atoms with E-state index in [0.717, 1.165) is 44.3 Å². The van der Waals surface area contributed by atoms with Gasteiger partial charge in [-0.3, -0.25) is 14.9 Å². The summed E-state index contributed by atoms with van der Waals surface area (Å²) < 4.78 is 23.7. The lowest BCUT2D eigenvalue weighted by molar-refractivity contribution is -0.266. The number of terminal acetylenes is 1. The van der Waals surface area contributed by atoms with E-state index in [0.29, 0.717) is 21.8 Å². The highest BCUT2D eigenvalue weighted by Gasteiger charge is 2.41. The van der Waals surface area contributed by atoms with Crippen LogP contribution in [-0.4, -0.2) is 115 Å². The number of alkyl carbamates (subject to hydrolysis) is 1. The summed E-state index contributed by atoms with van der Waals surface area (Å²) in [6, 6.07) is -0.549. The summed E-state index contributed by atoms with van der Waals surface area (Å²) in [6.07, 6.45) is 12.4. The van der Waals surface area contributed by atoms with E-state index in [9.17, 15) is 14.7 Å². The van der Waals surface area contributed by atoms with Crippen LogP contribution in [0.4, 0.5) is 4.79 Å². The van der Waals surface area contributed by atoms with Crippen molar-refractivity contribution in [3.8, 4) is 24.2 Å². The fourth-order valence-corrected chi connectivity index (χ4v) is 9.93.